The van der Waals surface area contributed by atoms with Crippen LogP contribution in [0.3, 0.4) is 0 Å². The number of hydrogen-bond acceptors (Lipinski definition) is 4. The third-order valence-electron chi connectivity index (χ3n) is 1.63. The molecule has 4 heteroatoms. The van der Waals surface area contributed by atoms with Gasteiger partial charge in [-0.05, 0) is 13.3 Å². The van der Waals surface area contributed by atoms with Gasteiger partial charge in [0.15, 0.2) is 0 Å². The van der Waals surface area contributed by atoms with E-state index >= 15 is 0 Å². The molecule has 4 nitrogen and oxygen atoms in total. The molecule has 0 aliphatic carbocycles. The molecule has 0 radical (unpaired) electrons. The van der Waals surface area contributed by atoms with Gasteiger partial charge < -0.3 is 15.8 Å². The third kappa shape index (κ3) is 9.76. The lowest BCUT2D eigenvalue weighted by atomic mass is 10.5. The fraction of sp³-hybridized carbons (Fsp3) is 1.00. The van der Waals surface area contributed by atoms with Crippen LogP contribution in [0, 0.1) is 0 Å². The van der Waals surface area contributed by atoms with Gasteiger partial charge in [-0.1, -0.05) is 6.92 Å². The average molecular weight is 189 g/mol. The smallest absolute Gasteiger partial charge is 0.105 e. The van der Waals surface area contributed by atoms with E-state index in [1.54, 1.807) is 0 Å². The number of hydrogen-bond donors (Lipinski definition) is 3. The van der Waals surface area contributed by atoms with Crippen molar-refractivity contribution in [3.05, 3.63) is 0 Å². The van der Waals surface area contributed by atoms with Gasteiger partial charge in [0.25, 0.3) is 0 Å². The zero-order valence-corrected chi connectivity index (χ0v) is 8.81. The van der Waals surface area contributed by atoms with E-state index in [1.807, 2.05) is 6.92 Å². The van der Waals surface area contributed by atoms with Crippen LogP contribution >= 0.6 is 0 Å². The van der Waals surface area contributed by atoms with Crippen molar-refractivity contribution in [1.29, 1.82) is 0 Å². The van der Waals surface area contributed by atoms with E-state index in [0.717, 1.165) is 32.7 Å². The van der Waals surface area contributed by atoms with Crippen LogP contribution in [0.1, 0.15) is 20.3 Å². The van der Waals surface area contributed by atoms with Crippen LogP contribution in [0.5, 0.6) is 0 Å². The fourth-order valence-corrected chi connectivity index (χ4v) is 0.944. The third-order valence-corrected chi connectivity index (χ3v) is 1.63. The molecular formula is C9H23N3O. The summed E-state index contributed by atoms with van der Waals surface area (Å²) in [5.41, 5.74) is 5.33. The van der Waals surface area contributed by atoms with Crippen LogP contribution in [-0.4, -0.2) is 39.0 Å². The van der Waals surface area contributed by atoms with Crippen LogP contribution in [0.4, 0.5) is 0 Å². The molecular weight excluding hydrogens is 166 g/mol. The minimum atomic E-state index is 0.152. The summed E-state index contributed by atoms with van der Waals surface area (Å²) in [5.74, 6) is 0. The lowest BCUT2D eigenvalue weighted by Gasteiger charge is -2.14. The molecule has 0 spiro atoms. The van der Waals surface area contributed by atoms with Crippen LogP contribution < -0.4 is 16.4 Å². The SMILES string of the molecule is CCCOC(C)NCCNCCN. The summed E-state index contributed by atoms with van der Waals surface area (Å²) in [6.45, 7) is 8.40. The molecule has 4 N–H and O–H groups in total. The first kappa shape index (κ1) is 12.8. The number of nitrogens with one attached hydrogen (secondary N) is 2. The van der Waals surface area contributed by atoms with Crippen molar-refractivity contribution < 1.29 is 4.74 Å². The van der Waals surface area contributed by atoms with Crippen molar-refractivity contribution in [2.45, 2.75) is 26.5 Å². The molecule has 0 aliphatic rings. The zero-order chi connectivity index (χ0) is 9.94. The lowest BCUT2D eigenvalue weighted by Crippen LogP contribution is -2.36. The number of rotatable bonds is 9. The van der Waals surface area contributed by atoms with E-state index in [1.165, 1.54) is 0 Å². The minimum absolute atomic E-state index is 0.152. The van der Waals surface area contributed by atoms with Crippen molar-refractivity contribution in [3.63, 3.8) is 0 Å². The van der Waals surface area contributed by atoms with Crippen LogP contribution in [0.2, 0.25) is 0 Å². The monoisotopic (exact) mass is 189 g/mol. The van der Waals surface area contributed by atoms with E-state index in [4.69, 9.17) is 10.5 Å². The highest BCUT2D eigenvalue weighted by atomic mass is 16.5. The highest BCUT2D eigenvalue weighted by Gasteiger charge is 1.97. The first-order valence-electron chi connectivity index (χ1n) is 5.07. The molecule has 0 heterocycles. The molecule has 80 valence electrons. The molecule has 0 saturated carbocycles. The van der Waals surface area contributed by atoms with E-state index < -0.39 is 0 Å². The second-order valence-corrected chi connectivity index (χ2v) is 3.01. The molecule has 0 aromatic heterocycles. The molecule has 1 atom stereocenters. The Morgan fingerprint density at radius 2 is 2.08 bits per heavy atom. The highest BCUT2D eigenvalue weighted by molar-refractivity contribution is 4.53. The molecule has 0 saturated heterocycles. The van der Waals surface area contributed by atoms with Crippen LogP contribution in [-0.2, 0) is 4.74 Å². The molecule has 1 unspecified atom stereocenters. The molecule has 0 bridgehead atoms. The van der Waals surface area contributed by atoms with Crippen molar-refractivity contribution in [2.75, 3.05) is 32.8 Å². The van der Waals surface area contributed by atoms with E-state index in [-0.39, 0.29) is 6.23 Å². The topological polar surface area (TPSA) is 59.3 Å². The first-order valence-corrected chi connectivity index (χ1v) is 5.07. The Morgan fingerprint density at radius 3 is 2.69 bits per heavy atom. The Labute approximate surface area is 81.2 Å². The predicted octanol–water partition coefficient (Wildman–Crippen LogP) is -0.103. The quantitative estimate of drug-likeness (QED) is 0.350. The summed E-state index contributed by atoms with van der Waals surface area (Å²) in [7, 11) is 0. The summed E-state index contributed by atoms with van der Waals surface area (Å²) >= 11 is 0. The van der Waals surface area contributed by atoms with Gasteiger partial charge in [0.1, 0.15) is 6.23 Å². The molecule has 0 aliphatic heterocycles. The second kappa shape index (κ2) is 9.92. The van der Waals surface area contributed by atoms with Crippen molar-refractivity contribution in [2.24, 2.45) is 5.73 Å². The zero-order valence-electron chi connectivity index (χ0n) is 8.81. The molecule has 13 heavy (non-hydrogen) atoms. The summed E-state index contributed by atoms with van der Waals surface area (Å²) in [5, 5.41) is 6.45. The number of nitrogens with two attached hydrogens (primary N) is 1. The van der Waals surface area contributed by atoms with Gasteiger partial charge in [0.05, 0.1) is 0 Å². The Bertz CT molecular complexity index is 101. The van der Waals surface area contributed by atoms with Crippen molar-refractivity contribution in [1.82, 2.24) is 10.6 Å². The van der Waals surface area contributed by atoms with Gasteiger partial charge in [-0.15, -0.1) is 0 Å². The fourth-order valence-electron chi connectivity index (χ4n) is 0.944. The summed E-state index contributed by atoms with van der Waals surface area (Å²) in [4.78, 5) is 0. The lowest BCUT2D eigenvalue weighted by molar-refractivity contribution is 0.0437. The normalized spacial score (nSPS) is 13.2. The molecule has 0 fully saturated rings. The standard InChI is InChI=1S/C9H23N3O/c1-3-8-13-9(2)12-7-6-11-5-4-10/h9,11-12H,3-8,10H2,1-2H3. The summed E-state index contributed by atoms with van der Waals surface area (Å²) < 4.78 is 5.43. The maximum absolute atomic E-state index is 5.43. The maximum atomic E-state index is 5.43. The Hall–Kier alpha value is -0.160. The average Bonchev–Trinajstić information content (AvgIpc) is 2.14. The van der Waals surface area contributed by atoms with Gasteiger partial charge in [-0.2, -0.15) is 0 Å². The van der Waals surface area contributed by atoms with E-state index in [2.05, 4.69) is 17.6 Å². The van der Waals surface area contributed by atoms with Crippen LogP contribution in [0.25, 0.3) is 0 Å². The first-order chi connectivity index (χ1) is 6.31. The second-order valence-electron chi connectivity index (χ2n) is 3.01. The van der Waals surface area contributed by atoms with Crippen molar-refractivity contribution >= 4 is 0 Å². The van der Waals surface area contributed by atoms with Gasteiger partial charge in [0, 0.05) is 32.8 Å². The molecule has 0 aromatic carbocycles. The summed E-state index contributed by atoms with van der Waals surface area (Å²) in [6.07, 6.45) is 1.22. The Morgan fingerprint density at radius 1 is 1.31 bits per heavy atom. The minimum Gasteiger partial charge on any atom is -0.364 e. The van der Waals surface area contributed by atoms with Gasteiger partial charge >= 0.3 is 0 Å². The van der Waals surface area contributed by atoms with Gasteiger partial charge in [-0.3, -0.25) is 5.32 Å². The summed E-state index contributed by atoms with van der Waals surface area (Å²) in [6, 6.07) is 0. The van der Waals surface area contributed by atoms with Crippen molar-refractivity contribution in [3.8, 4) is 0 Å². The number of ether oxygens (including phenoxy) is 1. The molecule has 0 rings (SSSR count). The largest absolute Gasteiger partial charge is 0.364 e. The van der Waals surface area contributed by atoms with Crippen LogP contribution in [0.15, 0.2) is 0 Å². The molecule has 0 amide bonds. The van der Waals surface area contributed by atoms with E-state index in [0.29, 0.717) is 6.54 Å². The predicted molar refractivity (Wildman–Crippen MR) is 55.6 cm³/mol. The molecule has 0 aromatic rings. The van der Waals surface area contributed by atoms with E-state index in [9.17, 15) is 0 Å². The maximum Gasteiger partial charge on any atom is 0.105 e. The highest BCUT2D eigenvalue weighted by Crippen LogP contribution is 1.86. The van der Waals surface area contributed by atoms with Gasteiger partial charge in [-0.25, -0.2) is 0 Å². The Kier molecular flexibility index (Phi) is 9.80. The van der Waals surface area contributed by atoms with Gasteiger partial charge in [0.2, 0.25) is 0 Å². The Balaban J connectivity index is 3.03.